The Morgan fingerprint density at radius 3 is 1.90 bits per heavy atom. The summed E-state index contributed by atoms with van der Waals surface area (Å²) in [6, 6.07) is 18.8. The SMILES string of the molecule is CC1(C)OB(c2cnn(-c3cccc(C#N)c3)c2)OC1(C)C.N#Cc1cccc(-n2cc(-c3cnccn3)cn2)c1. The molecule has 3 aromatic heterocycles. The van der Waals surface area contributed by atoms with Gasteiger partial charge in [0.25, 0.3) is 0 Å². The molecular weight excluding hydrogens is 515 g/mol. The third-order valence-electron chi connectivity index (χ3n) is 7.05. The minimum atomic E-state index is -0.433. The van der Waals surface area contributed by atoms with E-state index in [1.54, 1.807) is 64.6 Å². The van der Waals surface area contributed by atoms with Crippen molar-refractivity contribution in [2.75, 3.05) is 0 Å². The van der Waals surface area contributed by atoms with E-state index in [0.717, 1.165) is 28.1 Å². The summed E-state index contributed by atoms with van der Waals surface area (Å²) in [6.45, 7) is 8.09. The molecule has 0 radical (unpaired) electrons. The van der Waals surface area contributed by atoms with Crippen LogP contribution in [0, 0.1) is 22.7 Å². The summed E-state index contributed by atoms with van der Waals surface area (Å²) in [5.41, 5.74) is 4.65. The predicted octanol–water partition coefficient (Wildman–Crippen LogP) is 4.24. The Hall–Kier alpha value is -5.10. The van der Waals surface area contributed by atoms with E-state index in [0.29, 0.717) is 11.1 Å². The van der Waals surface area contributed by atoms with Crippen molar-refractivity contribution >= 4 is 12.6 Å². The number of hydrogen-bond acceptors (Lipinski definition) is 8. The lowest BCUT2D eigenvalue weighted by Crippen LogP contribution is -2.41. The lowest BCUT2D eigenvalue weighted by molar-refractivity contribution is 0.00578. The van der Waals surface area contributed by atoms with Gasteiger partial charge in [-0.3, -0.25) is 9.97 Å². The van der Waals surface area contributed by atoms with E-state index in [-0.39, 0.29) is 11.2 Å². The second-order valence-corrected chi connectivity index (χ2v) is 10.4. The van der Waals surface area contributed by atoms with E-state index in [1.807, 2.05) is 64.4 Å². The fraction of sp³-hybridized carbons (Fsp3) is 0.200. The molecular formula is C30H27BN8O2. The third-order valence-corrected chi connectivity index (χ3v) is 7.05. The molecule has 11 heteroatoms. The minimum Gasteiger partial charge on any atom is -0.399 e. The molecule has 4 heterocycles. The second kappa shape index (κ2) is 11.2. The molecule has 1 saturated heterocycles. The smallest absolute Gasteiger partial charge is 0.399 e. The first-order valence-corrected chi connectivity index (χ1v) is 12.9. The van der Waals surface area contributed by atoms with Crippen molar-refractivity contribution < 1.29 is 9.31 Å². The van der Waals surface area contributed by atoms with Gasteiger partial charge in [-0.2, -0.15) is 20.7 Å². The first kappa shape index (κ1) is 27.5. The van der Waals surface area contributed by atoms with Crippen LogP contribution in [-0.2, 0) is 9.31 Å². The van der Waals surface area contributed by atoms with Gasteiger partial charge in [-0.25, -0.2) is 9.36 Å². The molecule has 1 fully saturated rings. The van der Waals surface area contributed by atoms with Crippen molar-refractivity contribution in [3.05, 3.63) is 103 Å². The van der Waals surface area contributed by atoms with E-state index in [4.69, 9.17) is 19.8 Å². The summed E-state index contributed by atoms with van der Waals surface area (Å²) in [5.74, 6) is 0. The van der Waals surface area contributed by atoms with Crippen LogP contribution in [0.15, 0.2) is 91.9 Å². The van der Waals surface area contributed by atoms with Crippen LogP contribution in [0.3, 0.4) is 0 Å². The Labute approximate surface area is 238 Å². The van der Waals surface area contributed by atoms with Crippen LogP contribution >= 0.6 is 0 Å². The van der Waals surface area contributed by atoms with Crippen LogP contribution in [0.4, 0.5) is 0 Å². The minimum absolute atomic E-state index is 0.375. The molecule has 41 heavy (non-hydrogen) atoms. The topological polar surface area (TPSA) is 127 Å². The summed E-state index contributed by atoms with van der Waals surface area (Å²) in [5, 5.41) is 26.5. The summed E-state index contributed by atoms with van der Waals surface area (Å²) in [7, 11) is -0.433. The second-order valence-electron chi connectivity index (χ2n) is 10.4. The van der Waals surface area contributed by atoms with Crippen molar-refractivity contribution in [3.8, 4) is 34.8 Å². The van der Waals surface area contributed by atoms with Gasteiger partial charge >= 0.3 is 7.12 Å². The number of hydrogen-bond donors (Lipinski definition) is 0. The van der Waals surface area contributed by atoms with Crippen LogP contribution < -0.4 is 5.46 Å². The number of rotatable bonds is 4. The van der Waals surface area contributed by atoms with E-state index >= 15 is 0 Å². The van der Waals surface area contributed by atoms with Gasteiger partial charge in [0.2, 0.25) is 0 Å². The van der Waals surface area contributed by atoms with Crippen LogP contribution in [-0.4, -0.2) is 47.8 Å². The molecule has 1 aliphatic rings. The zero-order valence-electron chi connectivity index (χ0n) is 23.1. The zero-order valence-corrected chi connectivity index (χ0v) is 23.1. The molecule has 0 atom stereocenters. The first-order chi connectivity index (χ1) is 19.7. The van der Waals surface area contributed by atoms with E-state index in [1.165, 1.54) is 0 Å². The fourth-order valence-electron chi connectivity index (χ4n) is 4.06. The normalized spacial score (nSPS) is 14.9. The summed E-state index contributed by atoms with van der Waals surface area (Å²) >= 11 is 0. The van der Waals surface area contributed by atoms with Crippen molar-refractivity contribution in [3.63, 3.8) is 0 Å². The molecule has 0 saturated carbocycles. The largest absolute Gasteiger partial charge is 0.498 e. The summed E-state index contributed by atoms with van der Waals surface area (Å²) in [4.78, 5) is 8.25. The molecule has 202 valence electrons. The number of benzene rings is 2. The van der Waals surface area contributed by atoms with Gasteiger partial charge in [0.05, 0.1) is 63.9 Å². The highest BCUT2D eigenvalue weighted by Crippen LogP contribution is 2.36. The molecule has 1 aliphatic heterocycles. The molecule has 0 unspecified atom stereocenters. The molecule has 0 amide bonds. The van der Waals surface area contributed by atoms with Gasteiger partial charge in [0.1, 0.15) is 0 Å². The maximum atomic E-state index is 8.98. The summed E-state index contributed by atoms with van der Waals surface area (Å²) in [6.07, 6.45) is 12.2. The lowest BCUT2D eigenvalue weighted by Gasteiger charge is -2.32. The van der Waals surface area contributed by atoms with Crippen LogP contribution in [0.5, 0.6) is 0 Å². The van der Waals surface area contributed by atoms with Crippen LogP contribution in [0.1, 0.15) is 38.8 Å². The van der Waals surface area contributed by atoms with Crippen molar-refractivity contribution in [1.29, 1.82) is 10.5 Å². The third kappa shape index (κ3) is 5.92. The fourth-order valence-corrected chi connectivity index (χ4v) is 4.06. The van der Waals surface area contributed by atoms with E-state index in [2.05, 4.69) is 32.3 Å². The molecule has 0 bridgehead atoms. The van der Waals surface area contributed by atoms with Gasteiger partial charge < -0.3 is 9.31 Å². The number of nitrogens with zero attached hydrogens (tertiary/aromatic N) is 8. The number of aromatic nitrogens is 6. The van der Waals surface area contributed by atoms with Crippen LogP contribution in [0.25, 0.3) is 22.6 Å². The highest BCUT2D eigenvalue weighted by atomic mass is 16.7. The van der Waals surface area contributed by atoms with Gasteiger partial charge in [0.15, 0.2) is 0 Å². The monoisotopic (exact) mass is 542 g/mol. The highest BCUT2D eigenvalue weighted by molar-refractivity contribution is 6.62. The zero-order chi connectivity index (χ0) is 29.0. The molecule has 10 nitrogen and oxygen atoms in total. The van der Waals surface area contributed by atoms with Gasteiger partial charge in [-0.15, -0.1) is 0 Å². The van der Waals surface area contributed by atoms with Crippen molar-refractivity contribution in [2.45, 2.75) is 38.9 Å². The quantitative estimate of drug-likeness (QED) is 0.309. The Kier molecular flexibility index (Phi) is 7.49. The molecule has 0 N–H and O–H groups in total. The standard InChI is InChI=1S/C16H18BN3O2.C14H9N5/c1-15(2)16(3,4)22-17(21-15)13-10-19-20(11-13)14-7-5-6-12(8-14)9-18;15-7-11-2-1-3-13(6-11)19-10-12(8-18-19)14-9-16-4-5-17-14/h5-8,10-11H,1-4H3;1-6,8-10H. The Balaban J connectivity index is 0.000000166. The molecule has 0 aliphatic carbocycles. The lowest BCUT2D eigenvalue weighted by atomic mass is 9.82. The van der Waals surface area contributed by atoms with Gasteiger partial charge in [0, 0.05) is 42.0 Å². The average molecular weight is 542 g/mol. The maximum Gasteiger partial charge on any atom is 0.498 e. The number of nitriles is 2. The maximum absolute atomic E-state index is 8.98. The first-order valence-electron chi connectivity index (χ1n) is 12.9. The van der Waals surface area contributed by atoms with E-state index < -0.39 is 7.12 Å². The van der Waals surface area contributed by atoms with Gasteiger partial charge in [-0.1, -0.05) is 12.1 Å². The average Bonchev–Trinajstić information content (AvgIpc) is 3.72. The van der Waals surface area contributed by atoms with E-state index in [9.17, 15) is 0 Å². The molecule has 6 rings (SSSR count). The van der Waals surface area contributed by atoms with Gasteiger partial charge in [-0.05, 0) is 64.1 Å². The highest BCUT2D eigenvalue weighted by Gasteiger charge is 2.52. The summed E-state index contributed by atoms with van der Waals surface area (Å²) < 4.78 is 15.5. The molecule has 5 aromatic rings. The Morgan fingerprint density at radius 1 is 0.756 bits per heavy atom. The molecule has 0 spiro atoms. The predicted molar refractivity (Wildman–Crippen MR) is 153 cm³/mol. The Bertz CT molecular complexity index is 1730. The Morgan fingerprint density at radius 2 is 1.34 bits per heavy atom. The van der Waals surface area contributed by atoms with Crippen molar-refractivity contribution in [1.82, 2.24) is 29.5 Å². The van der Waals surface area contributed by atoms with Crippen molar-refractivity contribution in [2.24, 2.45) is 0 Å². The molecule has 2 aromatic carbocycles. The van der Waals surface area contributed by atoms with Crippen LogP contribution in [0.2, 0.25) is 0 Å².